The standard InChI is InChI=1S/C10H21N3O2/c1-3-7(2)9(12)10(15)13-6-4-5-8(11)14/h7,9H,3-6,12H2,1-2H3,(H2,11,14)(H,13,15). The molecule has 15 heavy (non-hydrogen) atoms. The Balaban J connectivity index is 3.69. The maximum absolute atomic E-state index is 11.4. The Morgan fingerprint density at radius 2 is 2.00 bits per heavy atom. The van der Waals surface area contributed by atoms with E-state index >= 15 is 0 Å². The van der Waals surface area contributed by atoms with E-state index in [2.05, 4.69) is 5.32 Å². The van der Waals surface area contributed by atoms with E-state index in [9.17, 15) is 9.59 Å². The van der Waals surface area contributed by atoms with Crippen molar-refractivity contribution >= 4 is 11.8 Å². The van der Waals surface area contributed by atoms with Gasteiger partial charge in [0.15, 0.2) is 0 Å². The van der Waals surface area contributed by atoms with E-state index in [4.69, 9.17) is 11.5 Å². The van der Waals surface area contributed by atoms with Gasteiger partial charge >= 0.3 is 0 Å². The first kappa shape index (κ1) is 13.9. The zero-order valence-electron chi connectivity index (χ0n) is 9.45. The number of hydrogen-bond acceptors (Lipinski definition) is 3. The number of hydrogen-bond donors (Lipinski definition) is 3. The molecule has 0 bridgehead atoms. The molecule has 88 valence electrons. The zero-order chi connectivity index (χ0) is 11.8. The van der Waals surface area contributed by atoms with Crippen LogP contribution in [0.5, 0.6) is 0 Å². The highest BCUT2D eigenvalue weighted by Crippen LogP contribution is 2.04. The van der Waals surface area contributed by atoms with Gasteiger partial charge in [-0.05, 0) is 12.3 Å². The van der Waals surface area contributed by atoms with Crippen LogP contribution in [0.15, 0.2) is 0 Å². The first-order chi connectivity index (χ1) is 6.99. The molecule has 0 aromatic heterocycles. The van der Waals surface area contributed by atoms with Crippen LogP contribution in [0.1, 0.15) is 33.1 Å². The first-order valence-electron chi connectivity index (χ1n) is 5.30. The minimum absolute atomic E-state index is 0.158. The van der Waals surface area contributed by atoms with Crippen LogP contribution < -0.4 is 16.8 Å². The fourth-order valence-electron chi connectivity index (χ4n) is 1.10. The van der Waals surface area contributed by atoms with Crippen molar-refractivity contribution in [1.29, 1.82) is 0 Å². The molecule has 0 aromatic carbocycles. The average molecular weight is 215 g/mol. The number of rotatable bonds is 7. The number of carbonyl (C=O) groups excluding carboxylic acids is 2. The van der Waals surface area contributed by atoms with Gasteiger partial charge in [-0.3, -0.25) is 9.59 Å². The normalized spacial score (nSPS) is 14.3. The van der Waals surface area contributed by atoms with Crippen molar-refractivity contribution in [2.75, 3.05) is 6.54 Å². The number of nitrogens with one attached hydrogen (secondary N) is 1. The third kappa shape index (κ3) is 6.06. The van der Waals surface area contributed by atoms with Crippen LogP contribution in [0.4, 0.5) is 0 Å². The van der Waals surface area contributed by atoms with E-state index < -0.39 is 6.04 Å². The SMILES string of the molecule is CCC(C)C(N)C(=O)NCCCC(N)=O. The van der Waals surface area contributed by atoms with Gasteiger partial charge in [-0.25, -0.2) is 0 Å². The van der Waals surface area contributed by atoms with Gasteiger partial charge in [0.25, 0.3) is 0 Å². The molecule has 5 nitrogen and oxygen atoms in total. The molecule has 2 amide bonds. The topological polar surface area (TPSA) is 98.2 Å². The number of nitrogens with two attached hydrogens (primary N) is 2. The van der Waals surface area contributed by atoms with E-state index in [-0.39, 0.29) is 17.7 Å². The van der Waals surface area contributed by atoms with Gasteiger partial charge in [0.05, 0.1) is 6.04 Å². The molecule has 0 saturated heterocycles. The van der Waals surface area contributed by atoms with Gasteiger partial charge in [-0.1, -0.05) is 20.3 Å². The molecule has 0 aliphatic carbocycles. The summed E-state index contributed by atoms with van der Waals surface area (Å²) in [5.41, 5.74) is 10.7. The van der Waals surface area contributed by atoms with Gasteiger partial charge < -0.3 is 16.8 Å². The monoisotopic (exact) mass is 215 g/mol. The Hall–Kier alpha value is -1.10. The van der Waals surface area contributed by atoms with Crippen LogP contribution in [-0.4, -0.2) is 24.4 Å². The van der Waals surface area contributed by atoms with E-state index in [1.165, 1.54) is 0 Å². The lowest BCUT2D eigenvalue weighted by molar-refractivity contribution is -0.123. The highest BCUT2D eigenvalue weighted by atomic mass is 16.2. The van der Waals surface area contributed by atoms with Crippen LogP contribution in [0.3, 0.4) is 0 Å². The van der Waals surface area contributed by atoms with Crippen LogP contribution in [-0.2, 0) is 9.59 Å². The van der Waals surface area contributed by atoms with Crippen LogP contribution in [0, 0.1) is 5.92 Å². The third-order valence-electron chi connectivity index (χ3n) is 2.46. The lowest BCUT2D eigenvalue weighted by Crippen LogP contribution is -2.44. The molecule has 0 aliphatic heterocycles. The molecular formula is C10H21N3O2. The summed E-state index contributed by atoms with van der Waals surface area (Å²) in [4.78, 5) is 21.9. The van der Waals surface area contributed by atoms with Crippen LogP contribution in [0.25, 0.3) is 0 Å². The summed E-state index contributed by atoms with van der Waals surface area (Å²) >= 11 is 0. The molecule has 0 radical (unpaired) electrons. The predicted molar refractivity (Wildman–Crippen MR) is 58.9 cm³/mol. The van der Waals surface area contributed by atoms with Gasteiger partial charge in [-0.15, -0.1) is 0 Å². The lowest BCUT2D eigenvalue weighted by Gasteiger charge is -2.17. The van der Waals surface area contributed by atoms with Gasteiger partial charge in [0.2, 0.25) is 11.8 Å². The molecule has 0 fully saturated rings. The second-order valence-electron chi connectivity index (χ2n) is 3.77. The van der Waals surface area contributed by atoms with E-state index in [0.29, 0.717) is 19.4 Å². The van der Waals surface area contributed by atoms with E-state index in [1.807, 2.05) is 13.8 Å². The van der Waals surface area contributed by atoms with Crippen molar-refractivity contribution in [2.45, 2.75) is 39.2 Å². The molecular weight excluding hydrogens is 194 g/mol. The molecule has 0 aliphatic rings. The molecule has 0 spiro atoms. The molecule has 0 rings (SSSR count). The first-order valence-corrected chi connectivity index (χ1v) is 5.30. The van der Waals surface area contributed by atoms with Crippen molar-refractivity contribution in [3.8, 4) is 0 Å². The largest absolute Gasteiger partial charge is 0.370 e. The van der Waals surface area contributed by atoms with E-state index in [0.717, 1.165) is 6.42 Å². The van der Waals surface area contributed by atoms with Crippen LogP contribution in [0.2, 0.25) is 0 Å². The zero-order valence-corrected chi connectivity index (χ0v) is 9.45. The summed E-state index contributed by atoms with van der Waals surface area (Å²) in [6.45, 7) is 4.38. The number of amides is 2. The molecule has 2 unspecified atom stereocenters. The summed E-state index contributed by atoms with van der Waals surface area (Å²) in [5, 5.41) is 2.68. The number of carbonyl (C=O) groups is 2. The fourth-order valence-corrected chi connectivity index (χ4v) is 1.10. The molecule has 2 atom stereocenters. The Bertz CT molecular complexity index is 219. The maximum Gasteiger partial charge on any atom is 0.237 e. The Labute approximate surface area is 90.6 Å². The highest BCUT2D eigenvalue weighted by molar-refractivity contribution is 5.81. The highest BCUT2D eigenvalue weighted by Gasteiger charge is 2.18. The summed E-state index contributed by atoms with van der Waals surface area (Å²) in [5.74, 6) is -0.342. The fraction of sp³-hybridized carbons (Fsp3) is 0.800. The van der Waals surface area contributed by atoms with Gasteiger partial charge in [0, 0.05) is 13.0 Å². The summed E-state index contributed by atoms with van der Waals surface area (Å²) in [6.07, 6.45) is 1.73. The average Bonchev–Trinajstić information content (AvgIpc) is 2.21. The smallest absolute Gasteiger partial charge is 0.237 e. The Morgan fingerprint density at radius 1 is 1.40 bits per heavy atom. The summed E-state index contributed by atoms with van der Waals surface area (Å²) in [7, 11) is 0. The molecule has 5 heteroatoms. The van der Waals surface area contributed by atoms with Crippen LogP contribution >= 0.6 is 0 Å². The van der Waals surface area contributed by atoms with Gasteiger partial charge in [0.1, 0.15) is 0 Å². The van der Waals surface area contributed by atoms with Crippen molar-refractivity contribution in [3.05, 3.63) is 0 Å². The second-order valence-corrected chi connectivity index (χ2v) is 3.77. The van der Waals surface area contributed by atoms with Gasteiger partial charge in [-0.2, -0.15) is 0 Å². The van der Waals surface area contributed by atoms with Crippen molar-refractivity contribution in [2.24, 2.45) is 17.4 Å². The Morgan fingerprint density at radius 3 is 2.47 bits per heavy atom. The molecule has 0 aromatic rings. The number of primary amides is 1. The summed E-state index contributed by atoms with van der Waals surface area (Å²) < 4.78 is 0. The van der Waals surface area contributed by atoms with E-state index in [1.54, 1.807) is 0 Å². The van der Waals surface area contributed by atoms with Crippen molar-refractivity contribution in [3.63, 3.8) is 0 Å². The molecule has 5 N–H and O–H groups in total. The quantitative estimate of drug-likeness (QED) is 0.510. The predicted octanol–water partition coefficient (Wildman–Crippen LogP) is -0.258. The summed E-state index contributed by atoms with van der Waals surface area (Å²) in [6, 6.07) is -0.469. The Kier molecular flexibility index (Phi) is 6.70. The lowest BCUT2D eigenvalue weighted by atomic mass is 9.99. The second kappa shape index (κ2) is 7.23. The molecule has 0 saturated carbocycles. The minimum atomic E-state index is -0.469. The van der Waals surface area contributed by atoms with Crippen molar-refractivity contribution in [1.82, 2.24) is 5.32 Å². The minimum Gasteiger partial charge on any atom is -0.370 e. The molecule has 0 heterocycles. The maximum atomic E-state index is 11.4. The van der Waals surface area contributed by atoms with Crippen molar-refractivity contribution < 1.29 is 9.59 Å². The third-order valence-corrected chi connectivity index (χ3v) is 2.46.